The number of rotatable bonds is 2. The van der Waals surface area contributed by atoms with Gasteiger partial charge in [0.15, 0.2) is 11.5 Å². The SMILES string of the molecule is O=C(Nc1ccc2c(c1)OCCCO2)c1cc2ccccc2c2cccnc12. The summed E-state index contributed by atoms with van der Waals surface area (Å²) < 4.78 is 11.4. The van der Waals surface area contributed by atoms with Gasteiger partial charge >= 0.3 is 0 Å². The van der Waals surface area contributed by atoms with Crippen LogP contribution in [0.4, 0.5) is 5.69 Å². The quantitative estimate of drug-likeness (QED) is 0.515. The van der Waals surface area contributed by atoms with Crippen LogP contribution in [0.25, 0.3) is 21.7 Å². The van der Waals surface area contributed by atoms with Gasteiger partial charge in [-0.2, -0.15) is 0 Å². The fourth-order valence-electron chi connectivity index (χ4n) is 3.54. The van der Waals surface area contributed by atoms with Crippen molar-refractivity contribution in [1.29, 1.82) is 0 Å². The first-order valence-electron chi connectivity index (χ1n) is 9.27. The second kappa shape index (κ2) is 6.85. The first kappa shape index (κ1) is 16.6. The lowest BCUT2D eigenvalue weighted by atomic mass is 10.0. The van der Waals surface area contributed by atoms with Gasteiger partial charge in [0.25, 0.3) is 5.91 Å². The van der Waals surface area contributed by atoms with E-state index in [1.807, 2.05) is 54.6 Å². The van der Waals surface area contributed by atoms with Gasteiger partial charge in [0, 0.05) is 29.8 Å². The molecule has 1 aliphatic rings. The van der Waals surface area contributed by atoms with Crippen molar-refractivity contribution in [2.24, 2.45) is 0 Å². The minimum Gasteiger partial charge on any atom is -0.490 e. The van der Waals surface area contributed by atoms with Crippen molar-refractivity contribution in [2.45, 2.75) is 6.42 Å². The van der Waals surface area contributed by atoms with Crippen molar-refractivity contribution in [3.05, 3.63) is 72.4 Å². The maximum absolute atomic E-state index is 13.1. The molecule has 0 spiro atoms. The topological polar surface area (TPSA) is 60.5 Å². The van der Waals surface area contributed by atoms with Crippen LogP contribution in [0.5, 0.6) is 11.5 Å². The molecule has 4 aromatic rings. The third kappa shape index (κ3) is 2.91. The number of amides is 1. The van der Waals surface area contributed by atoms with Crippen LogP contribution in [0, 0.1) is 0 Å². The number of carbonyl (C=O) groups is 1. The predicted molar refractivity (Wildman–Crippen MR) is 109 cm³/mol. The van der Waals surface area contributed by atoms with E-state index in [2.05, 4.69) is 10.3 Å². The maximum Gasteiger partial charge on any atom is 0.257 e. The van der Waals surface area contributed by atoms with E-state index < -0.39 is 0 Å². The average molecular weight is 370 g/mol. The predicted octanol–water partition coefficient (Wildman–Crippen LogP) is 4.80. The highest BCUT2D eigenvalue weighted by Crippen LogP contribution is 2.33. The third-order valence-electron chi connectivity index (χ3n) is 4.86. The van der Waals surface area contributed by atoms with Crippen molar-refractivity contribution in [2.75, 3.05) is 18.5 Å². The van der Waals surface area contributed by atoms with Crippen molar-refractivity contribution in [3.8, 4) is 11.5 Å². The highest BCUT2D eigenvalue weighted by atomic mass is 16.5. The molecule has 0 unspecified atom stereocenters. The van der Waals surface area contributed by atoms with Gasteiger partial charge in [-0.15, -0.1) is 0 Å². The van der Waals surface area contributed by atoms with Gasteiger partial charge in [-0.25, -0.2) is 0 Å². The molecule has 0 saturated heterocycles. The molecule has 0 saturated carbocycles. The molecule has 1 N–H and O–H groups in total. The molecule has 5 nitrogen and oxygen atoms in total. The molecular weight excluding hydrogens is 352 g/mol. The zero-order chi connectivity index (χ0) is 18.9. The molecule has 0 atom stereocenters. The summed E-state index contributed by atoms with van der Waals surface area (Å²) in [5.74, 6) is 1.15. The summed E-state index contributed by atoms with van der Waals surface area (Å²) in [5, 5.41) is 6.02. The van der Waals surface area contributed by atoms with E-state index in [9.17, 15) is 4.79 Å². The standard InChI is InChI=1S/C23H18N2O3/c26-23(25-16-8-9-20-21(14-16)28-12-4-11-27-20)19-13-15-5-1-2-6-17(15)18-7-3-10-24-22(18)19/h1-3,5-10,13-14H,4,11-12H2,(H,25,26). The number of ether oxygens (including phenoxy) is 2. The van der Waals surface area contributed by atoms with Crippen LogP contribution in [0.3, 0.4) is 0 Å². The zero-order valence-corrected chi connectivity index (χ0v) is 15.1. The van der Waals surface area contributed by atoms with Crippen molar-refractivity contribution in [3.63, 3.8) is 0 Å². The number of nitrogens with one attached hydrogen (secondary N) is 1. The summed E-state index contributed by atoms with van der Waals surface area (Å²) in [6.45, 7) is 1.23. The molecule has 5 heteroatoms. The van der Waals surface area contributed by atoms with E-state index in [1.165, 1.54) is 0 Å². The lowest BCUT2D eigenvalue weighted by molar-refractivity contribution is 0.102. The summed E-state index contributed by atoms with van der Waals surface area (Å²) in [4.78, 5) is 17.6. The number of fused-ring (bicyclic) bond motifs is 4. The summed E-state index contributed by atoms with van der Waals surface area (Å²) in [6.07, 6.45) is 2.55. The Labute approximate surface area is 161 Å². The fourth-order valence-corrected chi connectivity index (χ4v) is 3.54. The number of pyridine rings is 1. The fraction of sp³-hybridized carbons (Fsp3) is 0.130. The van der Waals surface area contributed by atoms with E-state index >= 15 is 0 Å². The largest absolute Gasteiger partial charge is 0.490 e. The number of anilines is 1. The monoisotopic (exact) mass is 370 g/mol. The molecule has 0 aliphatic carbocycles. The van der Waals surface area contributed by atoms with E-state index in [-0.39, 0.29) is 5.91 Å². The van der Waals surface area contributed by atoms with Gasteiger partial charge in [-0.1, -0.05) is 30.3 Å². The lowest BCUT2D eigenvalue weighted by Gasteiger charge is -2.12. The summed E-state index contributed by atoms with van der Waals surface area (Å²) in [7, 11) is 0. The maximum atomic E-state index is 13.1. The van der Waals surface area contributed by atoms with Crippen molar-refractivity contribution >= 4 is 33.3 Å². The van der Waals surface area contributed by atoms with Crippen LogP contribution >= 0.6 is 0 Å². The van der Waals surface area contributed by atoms with Crippen LogP contribution < -0.4 is 14.8 Å². The van der Waals surface area contributed by atoms with Crippen molar-refractivity contribution < 1.29 is 14.3 Å². The van der Waals surface area contributed by atoms with Crippen molar-refractivity contribution in [1.82, 2.24) is 4.98 Å². The molecule has 5 rings (SSSR count). The molecule has 0 fully saturated rings. The Hall–Kier alpha value is -3.60. The number of hydrogen-bond donors (Lipinski definition) is 1. The first-order valence-corrected chi connectivity index (χ1v) is 9.27. The molecule has 28 heavy (non-hydrogen) atoms. The molecule has 2 heterocycles. The Bertz CT molecular complexity index is 1200. The van der Waals surface area contributed by atoms with E-state index in [4.69, 9.17) is 9.47 Å². The highest BCUT2D eigenvalue weighted by molar-refractivity contribution is 6.18. The Kier molecular flexibility index (Phi) is 4.05. The number of carbonyl (C=O) groups excluding carboxylic acids is 1. The summed E-state index contributed by atoms with van der Waals surface area (Å²) in [6, 6.07) is 19.2. The van der Waals surface area contributed by atoms with Crippen LogP contribution in [-0.2, 0) is 0 Å². The Morgan fingerprint density at radius 3 is 2.64 bits per heavy atom. The number of hydrogen-bond acceptors (Lipinski definition) is 4. The smallest absolute Gasteiger partial charge is 0.257 e. The van der Waals surface area contributed by atoms with E-state index in [0.717, 1.165) is 22.6 Å². The van der Waals surface area contributed by atoms with E-state index in [0.29, 0.717) is 41.5 Å². The number of benzene rings is 3. The molecule has 0 bridgehead atoms. The third-order valence-corrected chi connectivity index (χ3v) is 4.86. The summed E-state index contributed by atoms with van der Waals surface area (Å²) >= 11 is 0. The van der Waals surface area contributed by atoms with Crippen LogP contribution in [-0.4, -0.2) is 24.1 Å². The zero-order valence-electron chi connectivity index (χ0n) is 15.1. The van der Waals surface area contributed by atoms with Crippen LogP contribution in [0.2, 0.25) is 0 Å². The molecule has 3 aromatic carbocycles. The number of aromatic nitrogens is 1. The van der Waals surface area contributed by atoms with Gasteiger partial charge < -0.3 is 14.8 Å². The molecule has 0 radical (unpaired) electrons. The molecule has 1 aliphatic heterocycles. The Balaban J connectivity index is 1.55. The minimum atomic E-state index is -0.205. The molecule has 1 aromatic heterocycles. The Morgan fingerprint density at radius 2 is 1.71 bits per heavy atom. The van der Waals surface area contributed by atoms with Gasteiger partial charge in [0.2, 0.25) is 0 Å². The normalized spacial score (nSPS) is 13.3. The van der Waals surface area contributed by atoms with Gasteiger partial charge in [-0.3, -0.25) is 9.78 Å². The minimum absolute atomic E-state index is 0.205. The van der Waals surface area contributed by atoms with E-state index in [1.54, 1.807) is 12.3 Å². The second-order valence-electron chi connectivity index (χ2n) is 6.71. The highest BCUT2D eigenvalue weighted by Gasteiger charge is 2.16. The van der Waals surface area contributed by atoms with Gasteiger partial charge in [0.05, 0.1) is 24.3 Å². The van der Waals surface area contributed by atoms with Gasteiger partial charge in [0.1, 0.15) is 0 Å². The first-order chi connectivity index (χ1) is 13.8. The average Bonchev–Trinajstić information content (AvgIpc) is 2.98. The number of nitrogens with zero attached hydrogens (tertiary/aromatic N) is 1. The van der Waals surface area contributed by atoms with Crippen LogP contribution in [0.1, 0.15) is 16.8 Å². The second-order valence-corrected chi connectivity index (χ2v) is 6.71. The van der Waals surface area contributed by atoms with Gasteiger partial charge in [-0.05, 0) is 35.0 Å². The Morgan fingerprint density at radius 1 is 0.893 bits per heavy atom. The lowest BCUT2D eigenvalue weighted by Crippen LogP contribution is -2.13. The summed E-state index contributed by atoms with van der Waals surface area (Å²) in [5.41, 5.74) is 1.89. The van der Waals surface area contributed by atoms with Crippen LogP contribution in [0.15, 0.2) is 66.9 Å². The molecule has 138 valence electrons. The molecular formula is C23H18N2O3. The molecule has 1 amide bonds.